The van der Waals surface area contributed by atoms with Gasteiger partial charge in [0.2, 0.25) is 0 Å². The standard InChI is InChI=1S/C17H22O2/c1-3-8-17(19)13-16-12-7-6-11-15(16)10-5-4-9-14(2)18/h5-7,10-12H,3-4,8-9,13H2,1-2H3/b10-5+. The van der Waals surface area contributed by atoms with Crippen LogP contribution in [0.1, 0.15) is 50.7 Å². The second-order valence-electron chi connectivity index (χ2n) is 4.81. The third-order valence-corrected chi connectivity index (χ3v) is 2.93. The van der Waals surface area contributed by atoms with E-state index in [1.165, 1.54) is 0 Å². The van der Waals surface area contributed by atoms with Crippen molar-refractivity contribution < 1.29 is 9.59 Å². The zero-order valence-corrected chi connectivity index (χ0v) is 11.8. The molecule has 19 heavy (non-hydrogen) atoms. The van der Waals surface area contributed by atoms with Crippen LogP contribution >= 0.6 is 0 Å². The molecule has 0 aromatic heterocycles. The highest BCUT2D eigenvalue weighted by Crippen LogP contribution is 2.13. The molecule has 0 unspecified atom stereocenters. The van der Waals surface area contributed by atoms with E-state index in [0.29, 0.717) is 19.3 Å². The molecule has 0 N–H and O–H groups in total. The van der Waals surface area contributed by atoms with Gasteiger partial charge in [-0.15, -0.1) is 0 Å². The van der Waals surface area contributed by atoms with E-state index in [1.807, 2.05) is 43.3 Å². The maximum atomic E-state index is 11.7. The summed E-state index contributed by atoms with van der Waals surface area (Å²) in [5.41, 5.74) is 2.15. The van der Waals surface area contributed by atoms with Crippen molar-refractivity contribution in [2.75, 3.05) is 0 Å². The van der Waals surface area contributed by atoms with Gasteiger partial charge in [0.25, 0.3) is 0 Å². The van der Waals surface area contributed by atoms with Gasteiger partial charge in [0, 0.05) is 19.3 Å². The highest BCUT2D eigenvalue weighted by molar-refractivity contribution is 5.82. The average Bonchev–Trinajstić information content (AvgIpc) is 2.36. The summed E-state index contributed by atoms with van der Waals surface area (Å²) in [6, 6.07) is 7.94. The van der Waals surface area contributed by atoms with Crippen LogP contribution in [0.5, 0.6) is 0 Å². The number of rotatable bonds is 8. The minimum Gasteiger partial charge on any atom is -0.300 e. The van der Waals surface area contributed by atoms with Crippen LogP contribution in [0.3, 0.4) is 0 Å². The fourth-order valence-corrected chi connectivity index (χ4v) is 1.93. The fraction of sp³-hybridized carbons (Fsp3) is 0.412. The fourth-order valence-electron chi connectivity index (χ4n) is 1.93. The van der Waals surface area contributed by atoms with Gasteiger partial charge in [0.15, 0.2) is 0 Å². The number of hydrogen-bond donors (Lipinski definition) is 0. The summed E-state index contributed by atoms with van der Waals surface area (Å²) in [4.78, 5) is 22.6. The third-order valence-electron chi connectivity index (χ3n) is 2.93. The Kier molecular flexibility index (Phi) is 6.80. The Morgan fingerprint density at radius 3 is 2.58 bits per heavy atom. The minimum absolute atomic E-state index is 0.205. The van der Waals surface area contributed by atoms with Crippen molar-refractivity contribution in [2.45, 2.75) is 46.0 Å². The summed E-state index contributed by atoms with van der Waals surface area (Å²) >= 11 is 0. The average molecular weight is 258 g/mol. The molecule has 0 atom stereocenters. The summed E-state index contributed by atoms with van der Waals surface area (Å²) in [6.45, 7) is 3.62. The highest BCUT2D eigenvalue weighted by atomic mass is 16.1. The molecule has 0 aliphatic carbocycles. The molecule has 102 valence electrons. The molecule has 0 saturated carbocycles. The molecule has 0 aliphatic rings. The molecule has 1 rings (SSSR count). The molecule has 0 radical (unpaired) electrons. The maximum absolute atomic E-state index is 11.7. The number of carbonyl (C=O) groups excluding carboxylic acids is 2. The Morgan fingerprint density at radius 2 is 1.89 bits per heavy atom. The highest BCUT2D eigenvalue weighted by Gasteiger charge is 2.05. The molecule has 0 spiro atoms. The molecule has 2 heteroatoms. The van der Waals surface area contributed by atoms with Gasteiger partial charge in [-0.3, -0.25) is 4.79 Å². The molecule has 0 aliphatic heterocycles. The minimum atomic E-state index is 0.205. The number of benzene rings is 1. The second-order valence-corrected chi connectivity index (χ2v) is 4.81. The zero-order valence-electron chi connectivity index (χ0n) is 11.8. The van der Waals surface area contributed by atoms with E-state index in [9.17, 15) is 9.59 Å². The van der Waals surface area contributed by atoms with E-state index < -0.39 is 0 Å². The predicted octanol–water partition coefficient (Wildman–Crippen LogP) is 3.98. The van der Waals surface area contributed by atoms with E-state index >= 15 is 0 Å². The van der Waals surface area contributed by atoms with Crippen molar-refractivity contribution in [3.8, 4) is 0 Å². The molecule has 0 amide bonds. The molecule has 0 bridgehead atoms. The van der Waals surface area contributed by atoms with Crippen LogP contribution in [-0.4, -0.2) is 11.6 Å². The van der Waals surface area contributed by atoms with Gasteiger partial charge in [-0.05, 0) is 30.9 Å². The molecule has 1 aromatic rings. The summed E-state index contributed by atoms with van der Waals surface area (Å²) in [5.74, 6) is 0.489. The smallest absolute Gasteiger partial charge is 0.137 e. The topological polar surface area (TPSA) is 34.1 Å². The monoisotopic (exact) mass is 258 g/mol. The Bertz CT molecular complexity index is 458. The molecule has 0 fully saturated rings. The number of allylic oxidation sites excluding steroid dienone is 1. The van der Waals surface area contributed by atoms with Crippen LogP contribution in [0.2, 0.25) is 0 Å². The number of carbonyl (C=O) groups is 2. The van der Waals surface area contributed by atoms with Crippen molar-refractivity contribution in [2.24, 2.45) is 0 Å². The van der Waals surface area contributed by atoms with Gasteiger partial charge in [0.1, 0.15) is 11.6 Å². The molecular formula is C17H22O2. The van der Waals surface area contributed by atoms with E-state index in [2.05, 4.69) is 0 Å². The summed E-state index contributed by atoms with van der Waals surface area (Å²) < 4.78 is 0. The Morgan fingerprint density at radius 1 is 1.16 bits per heavy atom. The van der Waals surface area contributed by atoms with Crippen LogP contribution < -0.4 is 0 Å². The van der Waals surface area contributed by atoms with Crippen molar-refractivity contribution in [3.63, 3.8) is 0 Å². The number of hydrogen-bond acceptors (Lipinski definition) is 2. The van der Waals surface area contributed by atoms with Gasteiger partial charge in [-0.2, -0.15) is 0 Å². The lowest BCUT2D eigenvalue weighted by Crippen LogP contribution is -2.03. The summed E-state index contributed by atoms with van der Waals surface area (Å²) in [5, 5.41) is 0. The van der Waals surface area contributed by atoms with Crippen LogP contribution in [0.4, 0.5) is 0 Å². The lowest BCUT2D eigenvalue weighted by molar-refractivity contribution is -0.118. The van der Waals surface area contributed by atoms with E-state index in [-0.39, 0.29) is 11.6 Å². The summed E-state index contributed by atoms with van der Waals surface area (Å²) in [7, 11) is 0. The van der Waals surface area contributed by atoms with Crippen LogP contribution in [0.25, 0.3) is 6.08 Å². The van der Waals surface area contributed by atoms with Gasteiger partial charge < -0.3 is 4.79 Å². The van der Waals surface area contributed by atoms with Crippen molar-refractivity contribution >= 4 is 17.6 Å². The van der Waals surface area contributed by atoms with Gasteiger partial charge in [0.05, 0.1) is 0 Å². The van der Waals surface area contributed by atoms with Crippen LogP contribution in [0, 0.1) is 0 Å². The lowest BCUT2D eigenvalue weighted by Gasteiger charge is -2.05. The molecular weight excluding hydrogens is 236 g/mol. The quantitative estimate of drug-likeness (QED) is 0.706. The van der Waals surface area contributed by atoms with Gasteiger partial charge in [-0.25, -0.2) is 0 Å². The molecule has 0 heterocycles. The first-order chi connectivity index (χ1) is 9.13. The lowest BCUT2D eigenvalue weighted by atomic mass is 10.00. The number of Topliss-reactive ketones (excluding diaryl/α,β-unsaturated/α-hetero) is 2. The van der Waals surface area contributed by atoms with Crippen molar-refractivity contribution in [3.05, 3.63) is 41.5 Å². The Hall–Kier alpha value is -1.70. The molecule has 0 saturated heterocycles. The first-order valence-corrected chi connectivity index (χ1v) is 6.89. The molecule has 2 nitrogen and oxygen atoms in total. The first-order valence-electron chi connectivity index (χ1n) is 6.89. The SMILES string of the molecule is CCCC(=O)Cc1ccccc1/C=C/CCC(C)=O. The largest absolute Gasteiger partial charge is 0.300 e. The predicted molar refractivity (Wildman–Crippen MR) is 79.0 cm³/mol. The number of ketones is 2. The van der Waals surface area contributed by atoms with Crippen molar-refractivity contribution in [1.29, 1.82) is 0 Å². The summed E-state index contributed by atoms with van der Waals surface area (Å²) in [6.07, 6.45) is 7.39. The maximum Gasteiger partial charge on any atom is 0.137 e. The second kappa shape index (κ2) is 8.41. The van der Waals surface area contributed by atoms with Crippen LogP contribution in [0.15, 0.2) is 30.3 Å². The van der Waals surface area contributed by atoms with E-state index in [0.717, 1.165) is 24.0 Å². The molecule has 1 aromatic carbocycles. The van der Waals surface area contributed by atoms with Crippen molar-refractivity contribution in [1.82, 2.24) is 0 Å². The zero-order chi connectivity index (χ0) is 14.1. The first kappa shape index (κ1) is 15.4. The van der Waals surface area contributed by atoms with Crippen LogP contribution in [-0.2, 0) is 16.0 Å². The third kappa shape index (κ3) is 6.14. The Balaban J connectivity index is 2.67. The normalized spacial score (nSPS) is 10.8. The van der Waals surface area contributed by atoms with E-state index in [4.69, 9.17) is 0 Å². The van der Waals surface area contributed by atoms with E-state index in [1.54, 1.807) is 6.92 Å². The van der Waals surface area contributed by atoms with Gasteiger partial charge in [-0.1, -0.05) is 43.3 Å². The van der Waals surface area contributed by atoms with Gasteiger partial charge >= 0.3 is 0 Å². The Labute approximate surface area is 115 Å².